The van der Waals surface area contributed by atoms with Crippen molar-refractivity contribution < 1.29 is 22.8 Å². The molecule has 0 unspecified atom stereocenters. The number of halogens is 2. The Morgan fingerprint density at radius 3 is 2.00 bits per heavy atom. The van der Waals surface area contributed by atoms with Crippen molar-refractivity contribution in [3.63, 3.8) is 0 Å². The first-order valence-electron chi connectivity index (χ1n) is 8.08. The molecule has 0 N–H and O–H groups in total. The van der Waals surface area contributed by atoms with Crippen LogP contribution < -0.4 is 10.2 Å². The second kappa shape index (κ2) is 6.40. The molecule has 1 fully saturated rings. The molecule has 1 atom stereocenters. The monoisotopic (exact) mass is 326 g/mol. The fraction of sp³-hybridized carbons (Fsp3) is 0.647. The molecule has 1 aromatic rings. The maximum Gasteiger partial charge on any atom is 0.495 e. The van der Waals surface area contributed by atoms with E-state index in [-0.39, 0.29) is 11.9 Å². The second-order valence-corrected chi connectivity index (χ2v) is 7.12. The summed E-state index contributed by atoms with van der Waals surface area (Å²) in [5, 5.41) is 0. The van der Waals surface area contributed by atoms with Crippen molar-refractivity contribution >= 4 is 12.6 Å². The Bertz CT molecular complexity index is 536. The summed E-state index contributed by atoms with van der Waals surface area (Å²) in [4.78, 5) is 0. The molecule has 128 valence electrons. The third kappa shape index (κ3) is 3.69. The molecule has 0 aromatic heterocycles. The highest BCUT2D eigenvalue weighted by molar-refractivity contribution is 6.62. The van der Waals surface area contributed by atoms with Crippen LogP contribution in [0, 0.1) is 11.6 Å². The van der Waals surface area contributed by atoms with E-state index in [0.717, 1.165) is 12.8 Å². The molecule has 0 spiro atoms. The van der Waals surface area contributed by atoms with E-state index in [1.54, 1.807) is 6.92 Å². The van der Waals surface area contributed by atoms with Gasteiger partial charge in [0.1, 0.15) is 0 Å². The van der Waals surface area contributed by atoms with Crippen molar-refractivity contribution in [3.05, 3.63) is 23.8 Å². The van der Waals surface area contributed by atoms with Gasteiger partial charge in [0.25, 0.3) is 0 Å². The molecule has 2 rings (SSSR count). The third-order valence-electron chi connectivity index (χ3n) is 4.56. The van der Waals surface area contributed by atoms with E-state index in [0.29, 0.717) is 5.46 Å². The number of hydrogen-bond donors (Lipinski definition) is 0. The van der Waals surface area contributed by atoms with E-state index < -0.39 is 30.0 Å². The van der Waals surface area contributed by atoms with Gasteiger partial charge in [0.2, 0.25) is 0 Å². The minimum atomic E-state index is -0.800. The van der Waals surface area contributed by atoms with E-state index in [1.165, 1.54) is 12.1 Å². The van der Waals surface area contributed by atoms with Crippen LogP contribution in [0.1, 0.15) is 54.4 Å². The zero-order chi connectivity index (χ0) is 17.4. The largest absolute Gasteiger partial charge is 0.495 e. The number of ether oxygens (including phenoxy) is 1. The average molecular weight is 326 g/mol. The summed E-state index contributed by atoms with van der Waals surface area (Å²) in [6, 6.07) is 2.44. The average Bonchev–Trinajstić information content (AvgIpc) is 2.63. The Hall–Kier alpha value is -1.14. The minimum Gasteiger partial charge on any atom is -0.485 e. The Balaban J connectivity index is 2.24. The Morgan fingerprint density at radius 1 is 1.09 bits per heavy atom. The van der Waals surface area contributed by atoms with Gasteiger partial charge in [0, 0.05) is 0 Å². The van der Waals surface area contributed by atoms with E-state index in [1.807, 2.05) is 34.6 Å². The standard InChI is InChI=1S/C17H25BF2O3/c1-7-8-11(2)21-15-13(19)9-12(10-14(15)20)18-22-16(3,4)17(5,6)23-18/h9-11H,7-8H2,1-6H3/t11-/m1/s1. The minimum absolute atomic E-state index is 0.244. The van der Waals surface area contributed by atoms with Crippen molar-refractivity contribution in [2.75, 3.05) is 0 Å². The first-order valence-corrected chi connectivity index (χ1v) is 8.08. The summed E-state index contributed by atoms with van der Waals surface area (Å²) in [5.41, 5.74) is -0.806. The molecule has 0 amide bonds. The lowest BCUT2D eigenvalue weighted by Gasteiger charge is -2.32. The summed E-state index contributed by atoms with van der Waals surface area (Å²) >= 11 is 0. The molecule has 0 saturated carbocycles. The van der Waals surface area contributed by atoms with Crippen LogP contribution in [0.3, 0.4) is 0 Å². The second-order valence-electron chi connectivity index (χ2n) is 7.12. The van der Waals surface area contributed by atoms with Crippen LogP contribution in [0.15, 0.2) is 12.1 Å². The maximum absolute atomic E-state index is 14.3. The normalized spacial score (nSPS) is 20.6. The van der Waals surface area contributed by atoms with Crippen LogP contribution in [0.4, 0.5) is 8.78 Å². The highest BCUT2D eigenvalue weighted by atomic mass is 19.1. The maximum atomic E-state index is 14.3. The van der Waals surface area contributed by atoms with Crippen molar-refractivity contribution in [3.8, 4) is 5.75 Å². The molecular weight excluding hydrogens is 301 g/mol. The molecule has 0 radical (unpaired) electrons. The van der Waals surface area contributed by atoms with Gasteiger partial charge >= 0.3 is 7.12 Å². The van der Waals surface area contributed by atoms with Gasteiger partial charge in [-0.25, -0.2) is 8.78 Å². The van der Waals surface area contributed by atoms with Gasteiger partial charge in [-0.15, -0.1) is 0 Å². The lowest BCUT2D eigenvalue weighted by Crippen LogP contribution is -2.41. The van der Waals surface area contributed by atoms with Crippen LogP contribution in [0.5, 0.6) is 5.75 Å². The Kier molecular flexibility index (Phi) is 5.07. The number of rotatable bonds is 5. The van der Waals surface area contributed by atoms with Crippen molar-refractivity contribution in [2.45, 2.75) is 71.7 Å². The highest BCUT2D eigenvalue weighted by Crippen LogP contribution is 2.37. The molecule has 1 aliphatic rings. The van der Waals surface area contributed by atoms with Crippen LogP contribution in [-0.4, -0.2) is 24.4 Å². The summed E-state index contributed by atoms with van der Waals surface area (Å²) in [6.45, 7) is 11.4. The number of benzene rings is 1. The van der Waals surface area contributed by atoms with Gasteiger partial charge in [-0.2, -0.15) is 0 Å². The number of hydrogen-bond acceptors (Lipinski definition) is 3. The van der Waals surface area contributed by atoms with Crippen LogP contribution >= 0.6 is 0 Å². The van der Waals surface area contributed by atoms with Crippen molar-refractivity contribution in [1.82, 2.24) is 0 Å². The summed E-state index contributed by atoms with van der Waals surface area (Å²) < 4.78 is 45.6. The molecule has 6 heteroatoms. The zero-order valence-electron chi connectivity index (χ0n) is 14.7. The molecule has 1 aliphatic heterocycles. The molecule has 1 aromatic carbocycles. The molecule has 1 heterocycles. The Morgan fingerprint density at radius 2 is 1.57 bits per heavy atom. The lowest BCUT2D eigenvalue weighted by atomic mass is 9.79. The van der Waals surface area contributed by atoms with Crippen LogP contribution in [0.2, 0.25) is 0 Å². The van der Waals surface area contributed by atoms with E-state index in [2.05, 4.69) is 0 Å². The van der Waals surface area contributed by atoms with Crippen LogP contribution in [0.25, 0.3) is 0 Å². The zero-order valence-corrected chi connectivity index (χ0v) is 14.7. The highest BCUT2D eigenvalue weighted by Gasteiger charge is 2.52. The summed E-state index contributed by atoms with van der Waals surface area (Å²) in [7, 11) is -0.800. The fourth-order valence-electron chi connectivity index (χ4n) is 2.47. The van der Waals surface area contributed by atoms with Crippen molar-refractivity contribution in [2.24, 2.45) is 0 Å². The van der Waals surface area contributed by atoms with E-state index >= 15 is 0 Å². The van der Waals surface area contributed by atoms with Gasteiger partial charge in [0.15, 0.2) is 17.4 Å². The van der Waals surface area contributed by atoms with E-state index in [9.17, 15) is 8.78 Å². The summed E-state index contributed by atoms with van der Waals surface area (Å²) in [5.74, 6) is -1.82. The lowest BCUT2D eigenvalue weighted by molar-refractivity contribution is 0.00578. The Labute approximate surface area is 137 Å². The van der Waals surface area contributed by atoms with Crippen LogP contribution in [-0.2, 0) is 9.31 Å². The van der Waals surface area contributed by atoms with Crippen molar-refractivity contribution in [1.29, 1.82) is 0 Å². The molecule has 0 aliphatic carbocycles. The van der Waals surface area contributed by atoms with Gasteiger partial charge in [-0.05, 0) is 58.6 Å². The third-order valence-corrected chi connectivity index (χ3v) is 4.56. The van der Waals surface area contributed by atoms with Gasteiger partial charge < -0.3 is 14.0 Å². The topological polar surface area (TPSA) is 27.7 Å². The predicted octanol–water partition coefficient (Wildman–Crippen LogP) is 3.83. The van der Waals surface area contributed by atoms with Gasteiger partial charge in [0.05, 0.1) is 17.3 Å². The molecule has 23 heavy (non-hydrogen) atoms. The predicted molar refractivity (Wildman–Crippen MR) is 87.1 cm³/mol. The first-order chi connectivity index (χ1) is 10.6. The van der Waals surface area contributed by atoms with E-state index in [4.69, 9.17) is 14.0 Å². The molecule has 3 nitrogen and oxygen atoms in total. The van der Waals surface area contributed by atoms with Gasteiger partial charge in [-0.1, -0.05) is 13.3 Å². The SMILES string of the molecule is CCC[C@@H](C)Oc1c(F)cc(B2OC(C)(C)C(C)(C)O2)cc1F. The first kappa shape index (κ1) is 18.2. The molecule has 0 bridgehead atoms. The molecular formula is C17H25BF2O3. The fourth-order valence-corrected chi connectivity index (χ4v) is 2.47. The van der Waals surface area contributed by atoms with Gasteiger partial charge in [-0.3, -0.25) is 0 Å². The quantitative estimate of drug-likeness (QED) is 0.770. The molecule has 1 saturated heterocycles. The summed E-state index contributed by atoms with van der Waals surface area (Å²) in [6.07, 6.45) is 1.38. The smallest absolute Gasteiger partial charge is 0.485 e.